The van der Waals surface area contributed by atoms with Gasteiger partial charge in [0.2, 0.25) is 0 Å². The van der Waals surface area contributed by atoms with Gasteiger partial charge in [-0.05, 0) is 17.5 Å². The molecule has 0 nitrogen and oxygen atoms in total. The summed E-state index contributed by atoms with van der Waals surface area (Å²) >= 11 is 0. The molecule has 0 saturated carbocycles. The Morgan fingerprint density at radius 3 is 1.92 bits per heavy atom. The van der Waals surface area contributed by atoms with Crippen LogP contribution in [0.25, 0.3) is 6.08 Å². The summed E-state index contributed by atoms with van der Waals surface area (Å²) < 4.78 is 0. The summed E-state index contributed by atoms with van der Waals surface area (Å²) in [5.41, 5.74) is 2.96. The van der Waals surface area contributed by atoms with Gasteiger partial charge in [-0.25, -0.2) is 12.2 Å². The van der Waals surface area contributed by atoms with E-state index in [0.717, 1.165) is 6.42 Å². The molecular weight excluding hydrogens is 447 g/mol. The summed E-state index contributed by atoms with van der Waals surface area (Å²) in [4.78, 5) is 0. The van der Waals surface area contributed by atoms with E-state index in [1.54, 1.807) is 5.20 Å². The quantitative estimate of drug-likeness (QED) is 0.385. The molecule has 1 aromatic carbocycles. The molecule has 0 bridgehead atoms. The second-order valence-electron chi connectivity index (χ2n) is 6.05. The van der Waals surface area contributed by atoms with Crippen molar-refractivity contribution in [3.05, 3.63) is 64.9 Å². The van der Waals surface area contributed by atoms with Crippen molar-refractivity contribution in [1.82, 2.24) is 0 Å². The third-order valence-corrected chi connectivity index (χ3v) is 4.60. The van der Waals surface area contributed by atoms with Gasteiger partial charge in [0.15, 0.2) is 0 Å². The average Bonchev–Trinajstić information content (AvgIpc) is 3.10. The minimum Gasteiger partial charge on any atom is -1.00 e. The number of fused-ring (bicyclic) bond motifs is 1. The van der Waals surface area contributed by atoms with Gasteiger partial charge in [0.1, 0.15) is 0 Å². The Hall–Kier alpha value is 0.337. The molecule has 0 aromatic heterocycles. The smallest absolute Gasteiger partial charge is 1.00 e. The second kappa shape index (κ2) is 16.8. The van der Waals surface area contributed by atoms with E-state index in [2.05, 4.69) is 75.2 Å². The van der Waals surface area contributed by atoms with Crippen molar-refractivity contribution in [2.45, 2.75) is 45.6 Å². The van der Waals surface area contributed by atoms with Crippen LogP contribution in [0.3, 0.4) is 0 Å². The molecule has 129 valence electrons. The van der Waals surface area contributed by atoms with E-state index in [9.17, 15) is 0 Å². The first kappa shape index (κ1) is 29.1. The van der Waals surface area contributed by atoms with Crippen molar-refractivity contribution in [2.75, 3.05) is 0 Å². The van der Waals surface area contributed by atoms with E-state index in [0.29, 0.717) is 0 Å². The molecule has 0 saturated heterocycles. The van der Waals surface area contributed by atoms with Crippen LogP contribution in [0.15, 0.2) is 47.7 Å². The summed E-state index contributed by atoms with van der Waals surface area (Å²) in [6.07, 6.45) is 13.6. The van der Waals surface area contributed by atoms with Crippen molar-refractivity contribution < 1.29 is 51.0 Å². The van der Waals surface area contributed by atoms with Crippen LogP contribution in [0.5, 0.6) is 0 Å². The van der Waals surface area contributed by atoms with E-state index in [-0.39, 0.29) is 68.6 Å². The van der Waals surface area contributed by atoms with Crippen molar-refractivity contribution in [2.24, 2.45) is 0 Å². The molecule has 0 aliphatic heterocycles. The molecular formula is C19H27Cl2Si2Zr. The normalized spacial score (nSPS) is 12.5. The van der Waals surface area contributed by atoms with E-state index in [1.165, 1.54) is 17.5 Å². The molecule has 0 heterocycles. The van der Waals surface area contributed by atoms with Crippen LogP contribution in [0.4, 0.5) is 0 Å². The van der Waals surface area contributed by atoms with E-state index >= 15 is 0 Å². The minimum absolute atomic E-state index is 0. The van der Waals surface area contributed by atoms with Gasteiger partial charge in [0.05, 0.1) is 8.80 Å². The molecule has 0 spiro atoms. The first-order chi connectivity index (χ1) is 10.0. The summed E-state index contributed by atoms with van der Waals surface area (Å²) in [5.74, 6) is 0. The Morgan fingerprint density at radius 1 is 0.958 bits per heavy atom. The molecule has 1 aromatic rings. The van der Waals surface area contributed by atoms with E-state index in [1.807, 2.05) is 12.2 Å². The molecule has 0 N–H and O–H groups in total. The Kier molecular flexibility index (Phi) is 20.4. The number of hydrogen-bond donors (Lipinski definition) is 0. The Balaban J connectivity index is -0.000000314. The molecule has 0 unspecified atom stereocenters. The van der Waals surface area contributed by atoms with Crippen molar-refractivity contribution >= 4 is 23.7 Å². The number of halogens is 2. The SMILES string of the molecule is C[Si](C)C.C[Si](C)C1=Cc2ccccc2C1.[C-]1=CC=CC1.[Cl-].[Cl-].[Zr+3]. The topological polar surface area (TPSA) is 0 Å². The van der Waals surface area contributed by atoms with Crippen LogP contribution in [-0.4, -0.2) is 17.6 Å². The molecule has 3 rings (SSSR count). The first-order valence-electron chi connectivity index (χ1n) is 7.58. The molecule has 5 heteroatoms. The van der Waals surface area contributed by atoms with Crippen molar-refractivity contribution in [1.29, 1.82) is 0 Å². The maximum atomic E-state index is 2.99. The van der Waals surface area contributed by atoms with Crippen LogP contribution in [0.1, 0.15) is 17.5 Å². The first-order valence-corrected chi connectivity index (χ1v) is 13.1. The van der Waals surface area contributed by atoms with Gasteiger partial charge in [-0.2, -0.15) is 6.08 Å². The zero-order valence-electron chi connectivity index (χ0n) is 15.3. The number of hydrogen-bond acceptors (Lipinski definition) is 0. The number of allylic oxidation sites excluding steroid dienone is 5. The van der Waals surface area contributed by atoms with E-state index in [4.69, 9.17) is 0 Å². The van der Waals surface area contributed by atoms with Crippen LogP contribution < -0.4 is 24.8 Å². The van der Waals surface area contributed by atoms with Gasteiger partial charge >= 0.3 is 26.2 Å². The van der Waals surface area contributed by atoms with Crippen molar-refractivity contribution in [3.8, 4) is 0 Å². The standard InChI is InChI=1S/C11H13Si.C5H5.C3H9Si.2ClH.Zr/c1-12(2)11-7-9-5-3-4-6-10(9)8-11;1-2-4-5-3-1;1-4(2)3;;;/h3-7H,8H2,1-2H3;1-3H,4H2;1-3H3;2*1H;/q;-1;;;;+3/p-2. The van der Waals surface area contributed by atoms with Crippen LogP contribution in [0, 0.1) is 6.08 Å². The number of rotatable bonds is 1. The van der Waals surface area contributed by atoms with Crippen LogP contribution in [-0.2, 0) is 32.6 Å². The fourth-order valence-electron chi connectivity index (χ4n) is 1.94. The maximum absolute atomic E-state index is 2.99. The molecule has 0 atom stereocenters. The fourth-order valence-corrected chi connectivity index (χ4v) is 2.93. The summed E-state index contributed by atoms with van der Waals surface area (Å²) in [6, 6.07) is 8.71. The zero-order chi connectivity index (χ0) is 15.7. The maximum Gasteiger partial charge on any atom is 3.00 e. The third-order valence-electron chi connectivity index (χ3n) is 2.99. The molecule has 2 aliphatic rings. The van der Waals surface area contributed by atoms with Crippen molar-refractivity contribution in [3.63, 3.8) is 0 Å². The summed E-state index contributed by atoms with van der Waals surface area (Å²) in [5, 5.41) is 1.67. The molecule has 0 fully saturated rings. The Labute approximate surface area is 184 Å². The minimum atomic E-state index is -0.218. The Bertz CT molecular complexity index is 511. The van der Waals surface area contributed by atoms with Gasteiger partial charge in [-0.3, -0.25) is 6.08 Å². The molecule has 3 radical (unpaired) electrons. The molecule has 2 aliphatic carbocycles. The number of benzene rings is 1. The van der Waals surface area contributed by atoms with Gasteiger partial charge in [-0.15, -0.1) is 6.42 Å². The van der Waals surface area contributed by atoms with Gasteiger partial charge in [0.25, 0.3) is 0 Å². The monoisotopic (exact) mass is 471 g/mol. The average molecular weight is 474 g/mol. The molecule has 24 heavy (non-hydrogen) atoms. The van der Waals surface area contributed by atoms with E-state index < -0.39 is 0 Å². The van der Waals surface area contributed by atoms with Gasteiger partial charge in [-0.1, -0.05) is 68.3 Å². The summed E-state index contributed by atoms with van der Waals surface area (Å²) in [7, 11) is -0.0972. The second-order valence-corrected chi connectivity index (χ2v) is 11.7. The predicted octanol–water partition coefficient (Wildman–Crippen LogP) is -0.399. The van der Waals surface area contributed by atoms with Gasteiger partial charge < -0.3 is 24.8 Å². The zero-order valence-corrected chi connectivity index (χ0v) is 21.3. The predicted molar refractivity (Wildman–Crippen MR) is 101 cm³/mol. The third kappa shape index (κ3) is 12.7. The summed E-state index contributed by atoms with van der Waals surface area (Å²) in [6.45, 7) is 11.5. The van der Waals surface area contributed by atoms with Crippen LogP contribution in [0.2, 0.25) is 32.7 Å². The largest absolute Gasteiger partial charge is 3.00 e. The Morgan fingerprint density at radius 2 is 1.54 bits per heavy atom. The molecule has 0 amide bonds. The van der Waals surface area contributed by atoms with Gasteiger partial charge in [0, 0.05) is 8.80 Å². The fraction of sp³-hybridized carbons (Fsp3) is 0.368. The van der Waals surface area contributed by atoms with Crippen LogP contribution >= 0.6 is 0 Å².